The zero-order valence-electron chi connectivity index (χ0n) is 20.9. The molecule has 3 N–H and O–H groups in total. The van der Waals surface area contributed by atoms with Crippen molar-refractivity contribution < 1.29 is 14.2 Å². The van der Waals surface area contributed by atoms with Crippen molar-refractivity contribution in [2.45, 2.75) is 38.0 Å². The highest BCUT2D eigenvalue weighted by Crippen LogP contribution is 2.36. The van der Waals surface area contributed by atoms with Gasteiger partial charge in [-0.3, -0.25) is 4.90 Å². The van der Waals surface area contributed by atoms with Crippen LogP contribution in [-0.4, -0.2) is 74.9 Å². The van der Waals surface area contributed by atoms with Crippen molar-refractivity contribution in [1.29, 1.82) is 0 Å². The van der Waals surface area contributed by atoms with Crippen LogP contribution in [0.5, 0.6) is 5.75 Å². The number of ether oxygens (including phenoxy) is 1. The minimum Gasteiger partial charge on any atom is -0.497 e. The van der Waals surface area contributed by atoms with Gasteiger partial charge in [-0.25, -0.2) is 14.4 Å². The average Bonchev–Trinajstić information content (AvgIpc) is 3.40. The van der Waals surface area contributed by atoms with Crippen LogP contribution in [0.25, 0.3) is 22.3 Å². The molecule has 0 aliphatic carbocycles. The fourth-order valence-corrected chi connectivity index (χ4v) is 5.32. The largest absolute Gasteiger partial charge is 0.497 e. The van der Waals surface area contributed by atoms with E-state index in [0.29, 0.717) is 35.9 Å². The first-order valence-corrected chi connectivity index (χ1v) is 12.5. The highest BCUT2D eigenvalue weighted by atomic mass is 19.1. The fraction of sp³-hybridized carbons (Fsp3) is 0.370. The molecule has 0 spiro atoms. The number of H-pyrrole nitrogens is 1. The molecule has 192 valence electrons. The third kappa shape index (κ3) is 4.47. The quantitative estimate of drug-likeness (QED) is 0.336. The summed E-state index contributed by atoms with van der Waals surface area (Å²) in [6.07, 6.45) is 4.82. The van der Waals surface area contributed by atoms with Crippen molar-refractivity contribution in [1.82, 2.24) is 24.8 Å². The molecule has 3 fully saturated rings. The second kappa shape index (κ2) is 9.60. The Kier molecular flexibility index (Phi) is 6.13. The summed E-state index contributed by atoms with van der Waals surface area (Å²) < 4.78 is 19.6. The van der Waals surface area contributed by atoms with E-state index in [2.05, 4.69) is 25.1 Å². The number of rotatable bonds is 8. The van der Waals surface area contributed by atoms with Crippen molar-refractivity contribution in [2.75, 3.05) is 37.0 Å². The van der Waals surface area contributed by atoms with Gasteiger partial charge < -0.3 is 25.0 Å². The Hall–Kier alpha value is -3.76. The molecule has 4 aromatic rings. The molecule has 3 saturated heterocycles. The summed E-state index contributed by atoms with van der Waals surface area (Å²) in [6.45, 7) is 4.20. The number of aromatic nitrogens is 4. The lowest BCUT2D eigenvalue weighted by molar-refractivity contribution is -0.00946. The van der Waals surface area contributed by atoms with Gasteiger partial charge in [0.2, 0.25) is 5.95 Å². The lowest BCUT2D eigenvalue weighted by Gasteiger charge is -2.56. The molecule has 2 bridgehead atoms. The smallest absolute Gasteiger partial charge is 0.225 e. The Bertz CT molecular complexity index is 1400. The Morgan fingerprint density at radius 3 is 2.73 bits per heavy atom. The number of nitrogens with one attached hydrogen (secondary N) is 2. The number of aliphatic hydroxyl groups is 1. The molecular weight excluding hydrogens is 473 g/mol. The molecule has 3 aromatic heterocycles. The lowest BCUT2D eigenvalue weighted by Crippen LogP contribution is -2.68. The topological polar surface area (TPSA) is 102 Å². The van der Waals surface area contributed by atoms with E-state index < -0.39 is 0 Å². The molecule has 3 atom stereocenters. The molecule has 0 amide bonds. The Labute approximate surface area is 214 Å². The number of fused-ring (bicyclic) bond motifs is 3. The van der Waals surface area contributed by atoms with Crippen LogP contribution in [-0.2, 0) is 6.54 Å². The van der Waals surface area contributed by atoms with Crippen LogP contribution >= 0.6 is 0 Å². The first-order chi connectivity index (χ1) is 18.0. The van der Waals surface area contributed by atoms with Gasteiger partial charge in [-0.1, -0.05) is 6.07 Å². The third-order valence-corrected chi connectivity index (χ3v) is 7.37. The molecule has 9 nitrogen and oxygen atoms in total. The van der Waals surface area contributed by atoms with Crippen LogP contribution in [0.1, 0.15) is 18.9 Å². The Balaban J connectivity index is 1.16. The SMILES string of the molecule is COc1ccc(CN2C3CC2CN(c2ccc(-c4nc(N[C@@H](C)CO)nc5[nH]ccc45)cn2)C3)c(F)c1. The molecule has 0 saturated carbocycles. The summed E-state index contributed by atoms with van der Waals surface area (Å²) in [5.74, 6) is 1.71. The highest BCUT2D eigenvalue weighted by Gasteiger charge is 2.44. The number of nitrogens with zero attached hydrogens (tertiary/aromatic N) is 5. The van der Waals surface area contributed by atoms with Gasteiger partial charge in [0.05, 0.1) is 19.4 Å². The van der Waals surface area contributed by atoms with Gasteiger partial charge >= 0.3 is 0 Å². The summed E-state index contributed by atoms with van der Waals surface area (Å²) in [7, 11) is 1.55. The van der Waals surface area contributed by atoms with E-state index in [0.717, 1.165) is 47.6 Å². The maximum Gasteiger partial charge on any atom is 0.225 e. The second-order valence-corrected chi connectivity index (χ2v) is 9.85. The van der Waals surface area contributed by atoms with E-state index in [1.165, 1.54) is 6.07 Å². The van der Waals surface area contributed by atoms with Crippen molar-refractivity contribution >= 4 is 22.8 Å². The minimum absolute atomic E-state index is 0.0119. The summed E-state index contributed by atoms with van der Waals surface area (Å²) in [6, 6.07) is 11.7. The Morgan fingerprint density at radius 2 is 2.03 bits per heavy atom. The lowest BCUT2D eigenvalue weighted by atomic mass is 9.86. The van der Waals surface area contributed by atoms with E-state index >= 15 is 0 Å². The molecule has 3 aliphatic heterocycles. The molecule has 7 rings (SSSR count). The summed E-state index contributed by atoms with van der Waals surface area (Å²) in [4.78, 5) is 21.8. The minimum atomic E-state index is -0.219. The fourth-order valence-electron chi connectivity index (χ4n) is 5.32. The van der Waals surface area contributed by atoms with Crippen LogP contribution in [0.3, 0.4) is 0 Å². The highest BCUT2D eigenvalue weighted by molar-refractivity contribution is 5.91. The molecule has 2 unspecified atom stereocenters. The number of hydrogen-bond donors (Lipinski definition) is 3. The predicted octanol–water partition coefficient (Wildman–Crippen LogP) is 3.42. The van der Waals surface area contributed by atoms with Gasteiger partial charge in [0.1, 0.15) is 23.0 Å². The van der Waals surface area contributed by atoms with E-state index in [1.807, 2.05) is 49.6 Å². The number of piperidine rings is 1. The van der Waals surface area contributed by atoms with Gasteiger partial charge in [0.25, 0.3) is 0 Å². The first-order valence-electron chi connectivity index (χ1n) is 12.5. The monoisotopic (exact) mass is 503 g/mol. The van der Waals surface area contributed by atoms with Gasteiger partial charge in [0, 0.05) is 72.7 Å². The van der Waals surface area contributed by atoms with Gasteiger partial charge in [-0.05, 0) is 37.6 Å². The number of halogens is 1. The molecule has 0 radical (unpaired) electrons. The number of anilines is 2. The second-order valence-electron chi connectivity index (χ2n) is 9.85. The number of hydrogen-bond acceptors (Lipinski definition) is 8. The summed E-state index contributed by atoms with van der Waals surface area (Å²) in [5.41, 5.74) is 3.11. The van der Waals surface area contributed by atoms with Crippen LogP contribution < -0.4 is 15.0 Å². The predicted molar refractivity (Wildman–Crippen MR) is 140 cm³/mol. The summed E-state index contributed by atoms with van der Waals surface area (Å²) in [5, 5.41) is 13.4. The standard InChI is InChI=1S/C27H30FN7O2/c1-16(15-36)31-27-32-25(22-7-8-29-26(22)33-27)17-4-6-24(30-11-17)34-13-19-9-20(14-34)35(19)12-18-3-5-21(37-2)10-23(18)28/h3-8,10-11,16,19-20,36H,9,12-15H2,1-2H3,(H2,29,31,32,33)/t16-,19?,20?/m0/s1. The zero-order chi connectivity index (χ0) is 25.5. The molecule has 6 heterocycles. The molecule has 10 heteroatoms. The van der Waals surface area contributed by atoms with Crippen molar-refractivity contribution in [3.05, 3.63) is 60.2 Å². The van der Waals surface area contributed by atoms with E-state index in [-0.39, 0.29) is 18.5 Å². The molecule has 37 heavy (non-hydrogen) atoms. The zero-order valence-corrected chi connectivity index (χ0v) is 20.9. The number of piperazine rings is 1. The van der Waals surface area contributed by atoms with Crippen LogP contribution in [0.2, 0.25) is 0 Å². The maximum atomic E-state index is 14.5. The van der Waals surface area contributed by atoms with Gasteiger partial charge in [-0.15, -0.1) is 0 Å². The van der Waals surface area contributed by atoms with E-state index in [9.17, 15) is 9.50 Å². The Morgan fingerprint density at radius 1 is 1.19 bits per heavy atom. The third-order valence-electron chi connectivity index (χ3n) is 7.37. The van der Waals surface area contributed by atoms with Crippen LogP contribution in [0.4, 0.5) is 16.2 Å². The molecule has 3 aliphatic rings. The van der Waals surface area contributed by atoms with Crippen molar-refractivity contribution in [3.63, 3.8) is 0 Å². The maximum absolute atomic E-state index is 14.5. The van der Waals surface area contributed by atoms with E-state index in [1.54, 1.807) is 7.11 Å². The molecular formula is C27H30FN7O2. The van der Waals surface area contributed by atoms with Gasteiger partial charge in [0.15, 0.2) is 0 Å². The summed E-state index contributed by atoms with van der Waals surface area (Å²) >= 11 is 0. The van der Waals surface area contributed by atoms with Crippen LogP contribution in [0, 0.1) is 5.82 Å². The number of aromatic amines is 1. The molecule has 1 aromatic carbocycles. The average molecular weight is 504 g/mol. The van der Waals surface area contributed by atoms with Crippen LogP contribution in [0.15, 0.2) is 48.8 Å². The van der Waals surface area contributed by atoms with Crippen molar-refractivity contribution in [2.24, 2.45) is 0 Å². The number of pyridine rings is 1. The normalized spacial score (nSPS) is 20.1. The number of methoxy groups -OCH3 is 1. The number of aliphatic hydroxyl groups excluding tert-OH is 1. The number of benzene rings is 1. The van der Waals surface area contributed by atoms with E-state index in [4.69, 9.17) is 14.7 Å². The first kappa shape index (κ1) is 23.6. The van der Waals surface area contributed by atoms with Crippen molar-refractivity contribution in [3.8, 4) is 17.0 Å². The van der Waals surface area contributed by atoms with Gasteiger partial charge in [-0.2, -0.15) is 4.98 Å².